The number of benzene rings is 1. The van der Waals surface area contributed by atoms with Crippen molar-refractivity contribution in [2.24, 2.45) is 0 Å². The highest BCUT2D eigenvalue weighted by Crippen LogP contribution is 2.40. The molecule has 0 aliphatic carbocycles. The van der Waals surface area contributed by atoms with E-state index in [9.17, 15) is 4.79 Å². The number of anilines is 1. The van der Waals surface area contributed by atoms with Crippen molar-refractivity contribution >= 4 is 24.0 Å². The zero-order valence-electron chi connectivity index (χ0n) is 12.8. The summed E-state index contributed by atoms with van der Waals surface area (Å²) in [6.07, 6.45) is 0.205. The van der Waals surface area contributed by atoms with Crippen molar-refractivity contribution in [2.45, 2.75) is 44.9 Å². The molecule has 1 aromatic rings. The van der Waals surface area contributed by atoms with Crippen molar-refractivity contribution in [3.8, 4) is 5.75 Å². The van der Waals surface area contributed by atoms with E-state index in [1.54, 1.807) is 13.0 Å². The first-order chi connectivity index (χ1) is 9.32. The third-order valence-electron chi connectivity index (χ3n) is 3.53. The molecule has 2 atom stereocenters. The molecule has 1 aromatic carbocycles. The molecule has 1 aliphatic heterocycles. The van der Waals surface area contributed by atoms with Gasteiger partial charge in [-0.3, -0.25) is 4.79 Å². The second-order valence-electron chi connectivity index (χ2n) is 5.80. The highest BCUT2D eigenvalue weighted by molar-refractivity contribution is 5.85. The number of ether oxygens (including phenoxy) is 2. The number of hydrogen-bond acceptors (Lipinski definition) is 4. The monoisotopic (exact) mass is 314 g/mol. The Bertz CT molecular complexity index is 520. The summed E-state index contributed by atoms with van der Waals surface area (Å²) in [5, 5.41) is 3.01. The number of nitrogens with one attached hydrogen (secondary N) is 1. The number of fused-ring (bicyclic) bond motifs is 1. The highest BCUT2D eigenvalue weighted by Gasteiger charge is 2.35. The molecular weight excluding hydrogens is 292 g/mol. The molecule has 0 bridgehead atoms. The van der Waals surface area contributed by atoms with Gasteiger partial charge in [0, 0.05) is 24.8 Å². The number of nitrogen functional groups attached to an aromatic ring is 1. The average Bonchev–Trinajstić information content (AvgIpc) is 2.37. The summed E-state index contributed by atoms with van der Waals surface area (Å²) >= 11 is 0. The summed E-state index contributed by atoms with van der Waals surface area (Å²) < 4.78 is 11.0. The van der Waals surface area contributed by atoms with E-state index in [2.05, 4.69) is 5.32 Å². The van der Waals surface area contributed by atoms with Gasteiger partial charge < -0.3 is 20.5 Å². The Hall–Kier alpha value is -1.46. The zero-order chi connectivity index (χ0) is 14.9. The minimum Gasteiger partial charge on any atom is -0.487 e. The van der Waals surface area contributed by atoms with Gasteiger partial charge in [-0.25, -0.2) is 0 Å². The van der Waals surface area contributed by atoms with Crippen LogP contribution in [-0.2, 0) is 9.53 Å². The average molecular weight is 315 g/mol. The first-order valence-electron chi connectivity index (χ1n) is 6.74. The van der Waals surface area contributed by atoms with Crippen LogP contribution in [0.5, 0.6) is 5.75 Å². The number of rotatable bonds is 3. The van der Waals surface area contributed by atoms with Crippen LogP contribution in [0.1, 0.15) is 38.8 Å². The number of carbonyl (C=O) groups is 1. The summed E-state index contributed by atoms with van der Waals surface area (Å²) in [6.45, 7) is 5.73. The van der Waals surface area contributed by atoms with Crippen LogP contribution < -0.4 is 15.8 Å². The Morgan fingerprint density at radius 2 is 2.19 bits per heavy atom. The number of nitrogens with two attached hydrogens (primary N) is 1. The molecule has 1 heterocycles. The second kappa shape index (κ2) is 6.54. The van der Waals surface area contributed by atoms with Crippen LogP contribution in [0.2, 0.25) is 0 Å². The van der Waals surface area contributed by atoms with Gasteiger partial charge in [-0.2, -0.15) is 0 Å². The lowest BCUT2D eigenvalue weighted by molar-refractivity contribution is -0.131. The molecule has 3 N–H and O–H groups in total. The largest absolute Gasteiger partial charge is 0.487 e. The number of methoxy groups -OCH3 is 1. The van der Waals surface area contributed by atoms with Crippen LogP contribution in [0, 0.1) is 0 Å². The molecule has 2 rings (SSSR count). The van der Waals surface area contributed by atoms with Crippen molar-refractivity contribution < 1.29 is 14.3 Å². The fourth-order valence-corrected chi connectivity index (χ4v) is 2.40. The van der Waals surface area contributed by atoms with Gasteiger partial charge in [0.2, 0.25) is 5.91 Å². The lowest BCUT2D eigenvalue weighted by atomic mass is 9.89. The minimum atomic E-state index is -0.481. The summed E-state index contributed by atoms with van der Waals surface area (Å²) in [5.74, 6) is 0.634. The van der Waals surface area contributed by atoms with Crippen LogP contribution in [-0.4, -0.2) is 24.7 Å². The van der Waals surface area contributed by atoms with Gasteiger partial charge in [-0.05, 0) is 39.0 Å². The summed E-state index contributed by atoms with van der Waals surface area (Å²) in [4.78, 5) is 12.0. The highest BCUT2D eigenvalue weighted by atomic mass is 35.5. The SMILES string of the molecule is COC(C)C(=O)NC1CC(C)(C)Oc2ccc(N)cc21.Cl. The third-order valence-corrected chi connectivity index (χ3v) is 3.53. The number of hydrogen-bond donors (Lipinski definition) is 2. The number of halogens is 1. The van der Waals surface area contributed by atoms with Gasteiger partial charge in [-0.1, -0.05) is 0 Å². The Labute approximate surface area is 131 Å². The van der Waals surface area contributed by atoms with Crippen molar-refractivity contribution in [1.82, 2.24) is 5.32 Å². The molecular formula is C15H23ClN2O3. The summed E-state index contributed by atoms with van der Waals surface area (Å²) in [7, 11) is 1.52. The van der Waals surface area contributed by atoms with Crippen LogP contribution in [0.4, 0.5) is 5.69 Å². The van der Waals surface area contributed by atoms with Crippen LogP contribution >= 0.6 is 12.4 Å². The van der Waals surface area contributed by atoms with E-state index < -0.39 is 6.10 Å². The van der Waals surface area contributed by atoms with Crippen molar-refractivity contribution in [3.63, 3.8) is 0 Å². The molecule has 6 heteroatoms. The maximum atomic E-state index is 12.0. The molecule has 0 aromatic heterocycles. The lowest BCUT2D eigenvalue weighted by Crippen LogP contribution is -2.44. The topological polar surface area (TPSA) is 73.6 Å². The quantitative estimate of drug-likeness (QED) is 0.840. The predicted molar refractivity (Wildman–Crippen MR) is 84.8 cm³/mol. The van der Waals surface area contributed by atoms with E-state index in [1.165, 1.54) is 7.11 Å². The maximum Gasteiger partial charge on any atom is 0.249 e. The van der Waals surface area contributed by atoms with Gasteiger partial charge in [0.05, 0.1) is 6.04 Å². The molecule has 21 heavy (non-hydrogen) atoms. The molecule has 5 nitrogen and oxygen atoms in total. The molecule has 1 aliphatic rings. The van der Waals surface area contributed by atoms with Gasteiger partial charge in [0.15, 0.2) is 0 Å². The molecule has 0 fully saturated rings. The minimum absolute atomic E-state index is 0. The molecule has 1 amide bonds. The zero-order valence-corrected chi connectivity index (χ0v) is 13.6. The lowest BCUT2D eigenvalue weighted by Gasteiger charge is -2.38. The first-order valence-corrected chi connectivity index (χ1v) is 6.74. The van der Waals surface area contributed by atoms with Crippen molar-refractivity contribution in [3.05, 3.63) is 23.8 Å². The fraction of sp³-hybridized carbons (Fsp3) is 0.533. The standard InChI is InChI=1S/C15H22N2O3.ClH/c1-9(19-4)14(18)17-12-8-15(2,3)20-13-6-5-10(16)7-11(12)13;/h5-7,9,12H,8,16H2,1-4H3,(H,17,18);1H. The normalized spacial score (nSPS) is 20.5. The fourth-order valence-electron chi connectivity index (χ4n) is 2.40. The number of carbonyl (C=O) groups excluding carboxylic acids is 1. The van der Waals surface area contributed by atoms with E-state index >= 15 is 0 Å². The Balaban J connectivity index is 0.00000220. The Morgan fingerprint density at radius 1 is 1.52 bits per heavy atom. The van der Waals surface area contributed by atoms with Crippen molar-refractivity contribution in [1.29, 1.82) is 0 Å². The van der Waals surface area contributed by atoms with Gasteiger partial charge in [0.25, 0.3) is 0 Å². The summed E-state index contributed by atoms with van der Waals surface area (Å²) in [5.41, 5.74) is 7.08. The molecule has 2 unspecified atom stereocenters. The van der Waals surface area contributed by atoms with E-state index in [1.807, 2.05) is 26.0 Å². The molecule has 118 valence electrons. The smallest absolute Gasteiger partial charge is 0.249 e. The van der Waals surface area contributed by atoms with Crippen molar-refractivity contribution in [2.75, 3.05) is 12.8 Å². The molecule has 0 spiro atoms. The molecule has 0 radical (unpaired) electrons. The van der Waals surface area contributed by atoms with E-state index in [-0.39, 0.29) is 30.0 Å². The van der Waals surface area contributed by atoms with E-state index in [4.69, 9.17) is 15.2 Å². The van der Waals surface area contributed by atoms with Crippen LogP contribution in [0.3, 0.4) is 0 Å². The second-order valence-corrected chi connectivity index (χ2v) is 5.80. The summed E-state index contributed by atoms with van der Waals surface area (Å²) in [6, 6.07) is 5.39. The van der Waals surface area contributed by atoms with Gasteiger partial charge in [0.1, 0.15) is 17.5 Å². The maximum absolute atomic E-state index is 12.0. The molecule has 0 saturated heterocycles. The van der Waals surface area contributed by atoms with Crippen LogP contribution in [0.25, 0.3) is 0 Å². The van der Waals surface area contributed by atoms with Gasteiger partial charge >= 0.3 is 0 Å². The Morgan fingerprint density at radius 3 is 2.81 bits per heavy atom. The Kier molecular flexibility index (Phi) is 5.48. The van der Waals surface area contributed by atoms with E-state index in [0.717, 1.165) is 11.3 Å². The number of amides is 1. The van der Waals surface area contributed by atoms with Gasteiger partial charge in [-0.15, -0.1) is 12.4 Å². The predicted octanol–water partition coefficient (Wildman–Crippen LogP) is 2.44. The van der Waals surface area contributed by atoms with E-state index in [0.29, 0.717) is 12.1 Å². The molecule has 0 saturated carbocycles. The van der Waals surface area contributed by atoms with Crippen LogP contribution in [0.15, 0.2) is 18.2 Å². The third kappa shape index (κ3) is 4.02. The first kappa shape index (κ1) is 17.6.